The summed E-state index contributed by atoms with van der Waals surface area (Å²) in [5.41, 5.74) is 1.54. The molecule has 0 fully saturated rings. The monoisotopic (exact) mass is 548 g/mol. The fourth-order valence-corrected chi connectivity index (χ4v) is 2.56. The van der Waals surface area contributed by atoms with Crippen LogP contribution in [0.15, 0.2) is 58.0 Å². The van der Waals surface area contributed by atoms with Gasteiger partial charge in [0.15, 0.2) is 5.96 Å². The molecule has 0 unspecified atom stereocenters. The first-order chi connectivity index (χ1) is 12.6. The Morgan fingerprint density at radius 3 is 2.37 bits per heavy atom. The molecule has 2 rings (SSSR count). The largest absolute Gasteiger partial charge is 0.356 e. The molecule has 0 saturated heterocycles. The van der Waals surface area contributed by atoms with Crippen LogP contribution in [-0.4, -0.2) is 38.5 Å². The van der Waals surface area contributed by atoms with Crippen molar-refractivity contribution in [3.63, 3.8) is 0 Å². The number of guanidine groups is 1. The van der Waals surface area contributed by atoms with Crippen molar-refractivity contribution in [1.82, 2.24) is 16.0 Å². The topological polar surface area (TPSA) is 65.5 Å². The number of aliphatic imine (C=N–C) groups is 1. The summed E-state index contributed by atoms with van der Waals surface area (Å²) in [4.78, 5) is 16.1. The van der Waals surface area contributed by atoms with E-state index in [9.17, 15) is 9.18 Å². The van der Waals surface area contributed by atoms with E-state index >= 15 is 0 Å². The van der Waals surface area contributed by atoms with Crippen LogP contribution in [0.1, 0.15) is 15.9 Å². The lowest BCUT2D eigenvalue weighted by Crippen LogP contribution is -2.42. The van der Waals surface area contributed by atoms with Crippen LogP contribution in [0, 0.1) is 5.82 Å². The van der Waals surface area contributed by atoms with Gasteiger partial charge in [0.05, 0.1) is 0 Å². The third-order valence-corrected chi connectivity index (χ3v) is 4.16. The number of rotatable bonds is 7. The van der Waals surface area contributed by atoms with Crippen molar-refractivity contribution in [3.05, 3.63) is 69.9 Å². The highest BCUT2D eigenvalue weighted by Gasteiger charge is 2.04. The summed E-state index contributed by atoms with van der Waals surface area (Å²) in [6, 6.07) is 13.7. The van der Waals surface area contributed by atoms with Crippen LogP contribution in [0.3, 0.4) is 0 Å². The van der Waals surface area contributed by atoms with Crippen LogP contribution in [-0.2, 0) is 6.42 Å². The van der Waals surface area contributed by atoms with E-state index in [1.807, 2.05) is 18.2 Å². The number of carbonyl (C=O) groups is 1. The van der Waals surface area contributed by atoms with Crippen LogP contribution < -0.4 is 16.0 Å². The molecule has 0 bridgehead atoms. The molecule has 0 spiro atoms. The number of benzene rings is 2. The van der Waals surface area contributed by atoms with E-state index in [-0.39, 0.29) is 35.7 Å². The van der Waals surface area contributed by atoms with Gasteiger partial charge in [-0.1, -0.05) is 28.1 Å². The molecule has 0 aliphatic rings. The van der Waals surface area contributed by atoms with Crippen molar-refractivity contribution in [2.24, 2.45) is 4.99 Å². The fraction of sp³-hybridized carbons (Fsp3) is 0.263. The average Bonchev–Trinajstić information content (AvgIpc) is 2.64. The van der Waals surface area contributed by atoms with Crippen molar-refractivity contribution in [1.29, 1.82) is 0 Å². The number of nitrogens with zero attached hydrogens (tertiary/aromatic N) is 1. The lowest BCUT2D eigenvalue weighted by Gasteiger charge is -2.12. The Morgan fingerprint density at radius 1 is 1.04 bits per heavy atom. The Balaban J connectivity index is 0.00000364. The van der Waals surface area contributed by atoms with Gasteiger partial charge in [-0.15, -0.1) is 24.0 Å². The standard InChI is InChI=1S/C19H22BrFN4O.HI/c1-22-19(24-10-9-14-3-2-4-17(21)13-14)25-12-11-23-18(26)15-5-7-16(20)8-6-15;/h2-8,13H,9-12H2,1H3,(H,23,26)(H2,22,24,25);1H. The second kappa shape index (κ2) is 12.7. The minimum atomic E-state index is -0.230. The highest BCUT2D eigenvalue weighted by Crippen LogP contribution is 2.10. The highest BCUT2D eigenvalue weighted by molar-refractivity contribution is 14.0. The molecule has 0 aromatic heterocycles. The number of amides is 1. The first-order valence-electron chi connectivity index (χ1n) is 8.31. The molecule has 3 N–H and O–H groups in total. The zero-order valence-corrected chi connectivity index (χ0v) is 18.9. The Kier molecular flexibility index (Phi) is 11.0. The molecule has 27 heavy (non-hydrogen) atoms. The molecule has 0 aliphatic heterocycles. The van der Waals surface area contributed by atoms with Gasteiger partial charge in [0, 0.05) is 36.7 Å². The molecule has 0 atom stereocenters. The molecule has 2 aromatic carbocycles. The van der Waals surface area contributed by atoms with Gasteiger partial charge in [-0.2, -0.15) is 0 Å². The molecule has 146 valence electrons. The van der Waals surface area contributed by atoms with Crippen LogP contribution in [0.2, 0.25) is 0 Å². The van der Waals surface area contributed by atoms with Gasteiger partial charge in [-0.3, -0.25) is 9.79 Å². The zero-order chi connectivity index (χ0) is 18.8. The Morgan fingerprint density at radius 2 is 1.70 bits per heavy atom. The minimum absolute atomic E-state index is 0. The quantitative estimate of drug-likeness (QED) is 0.215. The smallest absolute Gasteiger partial charge is 0.251 e. The predicted octanol–water partition coefficient (Wildman–Crippen LogP) is 3.34. The Labute approximate surface area is 184 Å². The summed E-state index contributed by atoms with van der Waals surface area (Å²) in [5, 5.41) is 9.13. The molecule has 0 radical (unpaired) electrons. The maximum atomic E-state index is 13.1. The van der Waals surface area contributed by atoms with Crippen molar-refractivity contribution < 1.29 is 9.18 Å². The van der Waals surface area contributed by atoms with Gasteiger partial charge in [-0.05, 0) is 48.4 Å². The summed E-state index contributed by atoms with van der Waals surface area (Å²) < 4.78 is 14.1. The number of nitrogens with one attached hydrogen (secondary N) is 3. The normalized spacial score (nSPS) is 10.7. The number of carbonyl (C=O) groups excluding carboxylic acids is 1. The first-order valence-corrected chi connectivity index (χ1v) is 9.10. The summed E-state index contributed by atoms with van der Waals surface area (Å²) in [6.07, 6.45) is 0.693. The van der Waals surface area contributed by atoms with Crippen LogP contribution in [0.4, 0.5) is 4.39 Å². The predicted molar refractivity (Wildman–Crippen MR) is 121 cm³/mol. The van der Waals surface area contributed by atoms with Gasteiger partial charge in [-0.25, -0.2) is 4.39 Å². The van der Waals surface area contributed by atoms with Gasteiger partial charge < -0.3 is 16.0 Å². The molecule has 0 aliphatic carbocycles. The molecular weight excluding hydrogens is 526 g/mol. The Bertz CT molecular complexity index is 756. The maximum Gasteiger partial charge on any atom is 0.251 e. The number of hydrogen-bond donors (Lipinski definition) is 3. The van der Waals surface area contributed by atoms with E-state index in [1.54, 1.807) is 25.2 Å². The second-order valence-corrected chi connectivity index (χ2v) is 6.48. The molecule has 0 heterocycles. The van der Waals surface area contributed by atoms with E-state index < -0.39 is 0 Å². The van der Waals surface area contributed by atoms with Crippen LogP contribution in [0.25, 0.3) is 0 Å². The maximum absolute atomic E-state index is 13.1. The lowest BCUT2D eigenvalue weighted by atomic mass is 10.1. The highest BCUT2D eigenvalue weighted by atomic mass is 127. The molecular formula is C19H23BrFIN4O. The fourth-order valence-electron chi connectivity index (χ4n) is 2.30. The van der Waals surface area contributed by atoms with Crippen molar-refractivity contribution in [2.75, 3.05) is 26.7 Å². The molecule has 5 nitrogen and oxygen atoms in total. The Hall–Kier alpha value is -1.68. The molecule has 0 saturated carbocycles. The van der Waals surface area contributed by atoms with Crippen LogP contribution in [0.5, 0.6) is 0 Å². The van der Waals surface area contributed by atoms with Gasteiger partial charge in [0.2, 0.25) is 0 Å². The number of halogens is 3. The minimum Gasteiger partial charge on any atom is -0.356 e. The van der Waals surface area contributed by atoms with Crippen LogP contribution >= 0.6 is 39.9 Å². The van der Waals surface area contributed by atoms with E-state index in [0.29, 0.717) is 37.6 Å². The lowest BCUT2D eigenvalue weighted by molar-refractivity contribution is 0.0954. The van der Waals surface area contributed by atoms with Crippen molar-refractivity contribution >= 4 is 51.8 Å². The van der Waals surface area contributed by atoms with E-state index in [0.717, 1.165) is 10.0 Å². The molecule has 1 amide bonds. The zero-order valence-electron chi connectivity index (χ0n) is 15.0. The molecule has 2 aromatic rings. The third kappa shape index (κ3) is 8.70. The van der Waals surface area contributed by atoms with E-state index in [2.05, 4.69) is 36.9 Å². The van der Waals surface area contributed by atoms with Gasteiger partial charge in [0.25, 0.3) is 5.91 Å². The summed E-state index contributed by atoms with van der Waals surface area (Å²) in [5.74, 6) is 0.291. The van der Waals surface area contributed by atoms with Crippen molar-refractivity contribution in [2.45, 2.75) is 6.42 Å². The van der Waals surface area contributed by atoms with Gasteiger partial charge in [0.1, 0.15) is 5.82 Å². The van der Waals surface area contributed by atoms with Gasteiger partial charge >= 0.3 is 0 Å². The summed E-state index contributed by atoms with van der Waals surface area (Å²) in [7, 11) is 1.68. The van der Waals surface area contributed by atoms with Crippen molar-refractivity contribution in [3.8, 4) is 0 Å². The van der Waals surface area contributed by atoms with E-state index in [1.165, 1.54) is 12.1 Å². The van der Waals surface area contributed by atoms with E-state index in [4.69, 9.17) is 0 Å². The number of hydrogen-bond acceptors (Lipinski definition) is 2. The third-order valence-electron chi connectivity index (χ3n) is 3.63. The second-order valence-electron chi connectivity index (χ2n) is 5.57. The summed E-state index contributed by atoms with van der Waals surface area (Å²) in [6.45, 7) is 1.65. The SMILES string of the molecule is CN=C(NCCNC(=O)c1ccc(Br)cc1)NCCc1cccc(F)c1.I. The summed E-state index contributed by atoms with van der Waals surface area (Å²) >= 11 is 3.34. The first kappa shape index (κ1) is 23.4. The average molecular weight is 549 g/mol. The molecule has 8 heteroatoms.